The van der Waals surface area contributed by atoms with E-state index in [0.717, 1.165) is 32.3 Å². The molecule has 0 atom stereocenters. The van der Waals surface area contributed by atoms with Crippen LogP contribution in [0, 0.1) is 0 Å². The Kier molecular flexibility index (Phi) is 6.53. The molecule has 82 valence electrons. The zero-order valence-corrected chi connectivity index (χ0v) is 8.77. The van der Waals surface area contributed by atoms with Gasteiger partial charge in [0.05, 0.1) is 0 Å². The standard InChI is InChI=1S/C6H11NO2.C3H7NO/c8-6(9)7-4-2-1-3-5-7;1-4(2)3-5/h1-5H2,(H,8,9);3H,1-2H3. The van der Waals surface area contributed by atoms with E-state index in [1.165, 1.54) is 16.2 Å². The van der Waals surface area contributed by atoms with Crippen LogP contribution in [0.5, 0.6) is 0 Å². The summed E-state index contributed by atoms with van der Waals surface area (Å²) in [6.07, 6.45) is 3.23. The number of hydrogen-bond donors (Lipinski definition) is 1. The maximum atomic E-state index is 10.3. The van der Waals surface area contributed by atoms with Crippen LogP contribution >= 0.6 is 0 Å². The van der Waals surface area contributed by atoms with E-state index in [4.69, 9.17) is 5.11 Å². The molecule has 1 aliphatic rings. The molecule has 1 heterocycles. The second-order valence-corrected chi connectivity index (χ2v) is 3.40. The van der Waals surface area contributed by atoms with E-state index >= 15 is 0 Å². The van der Waals surface area contributed by atoms with E-state index in [0.29, 0.717) is 0 Å². The van der Waals surface area contributed by atoms with E-state index < -0.39 is 6.09 Å². The van der Waals surface area contributed by atoms with Gasteiger partial charge in [0, 0.05) is 27.2 Å². The van der Waals surface area contributed by atoms with Crippen LogP contribution in [0.2, 0.25) is 0 Å². The van der Waals surface area contributed by atoms with Crippen molar-refractivity contribution in [2.45, 2.75) is 19.3 Å². The Labute approximate surface area is 84.3 Å². The van der Waals surface area contributed by atoms with E-state index in [1.807, 2.05) is 0 Å². The summed E-state index contributed by atoms with van der Waals surface area (Å²) in [7, 11) is 3.38. The molecule has 5 nitrogen and oxygen atoms in total. The number of hydrogen-bond acceptors (Lipinski definition) is 2. The van der Waals surface area contributed by atoms with Gasteiger partial charge in [-0.1, -0.05) is 0 Å². The first-order valence-electron chi connectivity index (χ1n) is 4.67. The third-order valence-corrected chi connectivity index (χ3v) is 1.84. The number of carbonyl (C=O) groups excluding carboxylic acids is 1. The molecule has 0 aromatic heterocycles. The van der Waals surface area contributed by atoms with Gasteiger partial charge in [-0.2, -0.15) is 0 Å². The van der Waals surface area contributed by atoms with Crippen LogP contribution in [0.3, 0.4) is 0 Å². The van der Waals surface area contributed by atoms with Gasteiger partial charge in [-0.25, -0.2) is 4.79 Å². The zero-order chi connectivity index (χ0) is 11.0. The summed E-state index contributed by atoms with van der Waals surface area (Å²) in [6, 6.07) is 0. The number of rotatable bonds is 1. The number of nitrogens with zero attached hydrogens (tertiary/aromatic N) is 2. The molecule has 0 aromatic rings. The summed E-state index contributed by atoms with van der Waals surface area (Å²) < 4.78 is 0. The van der Waals surface area contributed by atoms with Crippen LogP contribution in [0.4, 0.5) is 4.79 Å². The van der Waals surface area contributed by atoms with Crippen molar-refractivity contribution in [3.63, 3.8) is 0 Å². The van der Waals surface area contributed by atoms with Gasteiger partial charge in [-0.05, 0) is 19.3 Å². The van der Waals surface area contributed by atoms with Gasteiger partial charge in [0.1, 0.15) is 0 Å². The fourth-order valence-electron chi connectivity index (χ4n) is 1.09. The Balaban J connectivity index is 0.000000292. The van der Waals surface area contributed by atoms with Crippen molar-refractivity contribution in [3.05, 3.63) is 0 Å². The largest absolute Gasteiger partial charge is 0.465 e. The Morgan fingerprint density at radius 1 is 1.29 bits per heavy atom. The molecule has 0 spiro atoms. The average molecular weight is 202 g/mol. The van der Waals surface area contributed by atoms with Crippen molar-refractivity contribution in [1.29, 1.82) is 0 Å². The maximum absolute atomic E-state index is 10.3. The normalized spacial score (nSPS) is 15.1. The molecular formula is C9H18N2O3. The predicted octanol–water partition coefficient (Wildman–Crippen LogP) is 0.855. The van der Waals surface area contributed by atoms with Crippen molar-refractivity contribution in [1.82, 2.24) is 9.80 Å². The van der Waals surface area contributed by atoms with Crippen molar-refractivity contribution < 1.29 is 14.7 Å². The molecule has 1 fully saturated rings. The highest BCUT2D eigenvalue weighted by Gasteiger charge is 2.13. The molecular weight excluding hydrogens is 184 g/mol. The third-order valence-electron chi connectivity index (χ3n) is 1.84. The zero-order valence-electron chi connectivity index (χ0n) is 8.77. The highest BCUT2D eigenvalue weighted by molar-refractivity contribution is 5.64. The predicted molar refractivity (Wildman–Crippen MR) is 53.2 cm³/mol. The molecule has 0 aliphatic carbocycles. The Morgan fingerprint density at radius 2 is 1.71 bits per heavy atom. The molecule has 0 aromatic carbocycles. The lowest BCUT2D eigenvalue weighted by atomic mass is 10.1. The summed E-state index contributed by atoms with van der Waals surface area (Å²) in [6.45, 7) is 1.46. The van der Waals surface area contributed by atoms with Crippen molar-refractivity contribution in [2.75, 3.05) is 27.2 Å². The quantitative estimate of drug-likeness (QED) is 0.641. The smallest absolute Gasteiger partial charge is 0.407 e. The Hall–Kier alpha value is -1.26. The molecule has 2 amide bonds. The van der Waals surface area contributed by atoms with E-state index in [2.05, 4.69) is 0 Å². The molecule has 0 saturated carbocycles. The second kappa shape index (κ2) is 7.17. The van der Waals surface area contributed by atoms with Gasteiger partial charge in [0.25, 0.3) is 0 Å². The van der Waals surface area contributed by atoms with Crippen LogP contribution < -0.4 is 0 Å². The van der Waals surface area contributed by atoms with Crippen molar-refractivity contribution >= 4 is 12.5 Å². The van der Waals surface area contributed by atoms with Gasteiger partial charge in [0.2, 0.25) is 6.41 Å². The molecule has 0 bridgehead atoms. The number of carbonyl (C=O) groups is 2. The van der Waals surface area contributed by atoms with E-state index in [9.17, 15) is 9.59 Å². The summed E-state index contributed by atoms with van der Waals surface area (Å²) >= 11 is 0. The first-order valence-corrected chi connectivity index (χ1v) is 4.67. The lowest BCUT2D eigenvalue weighted by molar-refractivity contribution is -0.115. The van der Waals surface area contributed by atoms with Crippen LogP contribution in [0.25, 0.3) is 0 Å². The molecule has 1 aliphatic heterocycles. The topological polar surface area (TPSA) is 60.9 Å². The molecule has 1 saturated heterocycles. The average Bonchev–Trinajstić information content (AvgIpc) is 2.20. The minimum absolute atomic E-state index is 0.731. The maximum Gasteiger partial charge on any atom is 0.407 e. The highest BCUT2D eigenvalue weighted by Crippen LogP contribution is 2.07. The van der Waals surface area contributed by atoms with Crippen LogP contribution in [0.15, 0.2) is 0 Å². The second-order valence-electron chi connectivity index (χ2n) is 3.40. The first kappa shape index (κ1) is 12.7. The molecule has 1 rings (SSSR count). The number of carboxylic acid groups (broad SMARTS) is 1. The molecule has 14 heavy (non-hydrogen) atoms. The van der Waals surface area contributed by atoms with Gasteiger partial charge in [0.15, 0.2) is 0 Å². The fourth-order valence-corrected chi connectivity index (χ4v) is 1.09. The number of likely N-dealkylation sites (tertiary alicyclic amines) is 1. The summed E-state index contributed by atoms with van der Waals surface area (Å²) in [5.41, 5.74) is 0. The third kappa shape index (κ3) is 6.28. The first-order chi connectivity index (χ1) is 6.57. The monoisotopic (exact) mass is 202 g/mol. The van der Waals surface area contributed by atoms with Crippen molar-refractivity contribution in [3.8, 4) is 0 Å². The molecule has 5 heteroatoms. The molecule has 1 N–H and O–H groups in total. The highest BCUT2D eigenvalue weighted by atomic mass is 16.4. The molecule has 0 unspecified atom stereocenters. The van der Waals surface area contributed by atoms with Crippen molar-refractivity contribution in [2.24, 2.45) is 0 Å². The molecule has 0 radical (unpaired) electrons. The Bertz CT molecular complexity index is 177. The summed E-state index contributed by atoms with van der Waals surface area (Å²) in [5, 5.41) is 8.46. The lowest BCUT2D eigenvalue weighted by Gasteiger charge is -2.22. The van der Waals surface area contributed by atoms with E-state index in [1.54, 1.807) is 14.1 Å². The number of piperidine rings is 1. The minimum Gasteiger partial charge on any atom is -0.465 e. The summed E-state index contributed by atoms with van der Waals surface area (Å²) in [4.78, 5) is 22.6. The Morgan fingerprint density at radius 3 is 1.93 bits per heavy atom. The number of amides is 2. The fraction of sp³-hybridized carbons (Fsp3) is 0.778. The lowest BCUT2D eigenvalue weighted by Crippen LogP contribution is -2.34. The minimum atomic E-state index is -0.769. The van der Waals surface area contributed by atoms with Gasteiger partial charge in [-0.3, -0.25) is 4.79 Å². The van der Waals surface area contributed by atoms with Gasteiger partial charge < -0.3 is 14.9 Å². The van der Waals surface area contributed by atoms with Gasteiger partial charge >= 0.3 is 6.09 Å². The van der Waals surface area contributed by atoms with Crippen LogP contribution in [-0.2, 0) is 4.79 Å². The van der Waals surface area contributed by atoms with Crippen LogP contribution in [-0.4, -0.2) is 54.6 Å². The van der Waals surface area contributed by atoms with Crippen LogP contribution in [0.1, 0.15) is 19.3 Å². The van der Waals surface area contributed by atoms with Gasteiger partial charge in [-0.15, -0.1) is 0 Å². The summed E-state index contributed by atoms with van der Waals surface area (Å²) in [5.74, 6) is 0. The SMILES string of the molecule is CN(C)C=O.O=C(O)N1CCCCC1. The van der Waals surface area contributed by atoms with E-state index in [-0.39, 0.29) is 0 Å².